The maximum absolute atomic E-state index is 12.4. The van der Waals surface area contributed by atoms with Crippen LogP contribution in [0.2, 0.25) is 0 Å². The molecular weight excluding hydrogens is 256 g/mol. The molecule has 3 nitrogen and oxygen atoms in total. The fourth-order valence-electron chi connectivity index (χ4n) is 1.90. The van der Waals surface area contributed by atoms with Crippen molar-refractivity contribution >= 4 is 11.0 Å². The summed E-state index contributed by atoms with van der Waals surface area (Å²) < 4.78 is 15.4. The molecule has 19 heavy (non-hydrogen) atoms. The SMILES string of the molecule is CC[C@](C#N)(N[S@@](=O)c1ccc(C)cc1)C(C)(C)C. The topological polar surface area (TPSA) is 52.9 Å². The zero-order valence-electron chi connectivity index (χ0n) is 12.3. The van der Waals surface area contributed by atoms with Crippen LogP contribution in [-0.4, -0.2) is 9.75 Å². The van der Waals surface area contributed by atoms with Gasteiger partial charge >= 0.3 is 0 Å². The summed E-state index contributed by atoms with van der Waals surface area (Å²) in [5.74, 6) is 0. The number of rotatable bonds is 4. The number of hydrogen-bond donors (Lipinski definition) is 1. The number of hydrogen-bond acceptors (Lipinski definition) is 2. The van der Waals surface area contributed by atoms with Gasteiger partial charge in [-0.15, -0.1) is 0 Å². The molecule has 0 saturated carbocycles. The van der Waals surface area contributed by atoms with Gasteiger partial charge in [0.2, 0.25) is 0 Å². The summed E-state index contributed by atoms with van der Waals surface area (Å²) in [5, 5.41) is 9.51. The lowest BCUT2D eigenvalue weighted by Gasteiger charge is -2.38. The minimum absolute atomic E-state index is 0.295. The number of nitrogens with one attached hydrogen (secondary N) is 1. The van der Waals surface area contributed by atoms with Crippen LogP contribution < -0.4 is 4.72 Å². The minimum Gasteiger partial charge on any atom is -0.237 e. The molecule has 104 valence electrons. The van der Waals surface area contributed by atoms with Crippen LogP contribution in [-0.2, 0) is 11.0 Å². The largest absolute Gasteiger partial charge is 0.237 e. The zero-order chi connectivity index (χ0) is 14.7. The molecule has 1 rings (SSSR count). The Bertz CT molecular complexity index is 496. The van der Waals surface area contributed by atoms with Crippen LogP contribution in [0.3, 0.4) is 0 Å². The Balaban J connectivity index is 3.02. The van der Waals surface area contributed by atoms with Crippen molar-refractivity contribution in [3.63, 3.8) is 0 Å². The van der Waals surface area contributed by atoms with Gasteiger partial charge in [0.15, 0.2) is 0 Å². The highest BCUT2D eigenvalue weighted by atomic mass is 32.2. The molecule has 0 amide bonds. The summed E-state index contributed by atoms with van der Waals surface area (Å²) in [6, 6.07) is 9.82. The first-order valence-electron chi connectivity index (χ1n) is 6.43. The predicted octanol–water partition coefficient (Wildman–Crippen LogP) is 3.33. The highest BCUT2D eigenvalue weighted by Crippen LogP contribution is 2.33. The van der Waals surface area contributed by atoms with Gasteiger partial charge in [0, 0.05) is 0 Å². The van der Waals surface area contributed by atoms with E-state index in [2.05, 4.69) is 10.8 Å². The molecule has 0 aromatic heterocycles. The van der Waals surface area contributed by atoms with Crippen LogP contribution in [0.25, 0.3) is 0 Å². The van der Waals surface area contributed by atoms with Crippen molar-refractivity contribution in [3.05, 3.63) is 29.8 Å². The highest BCUT2D eigenvalue weighted by molar-refractivity contribution is 7.83. The molecule has 1 aromatic carbocycles. The normalized spacial score (nSPS) is 16.4. The lowest BCUT2D eigenvalue weighted by molar-refractivity contribution is 0.222. The van der Waals surface area contributed by atoms with E-state index < -0.39 is 16.5 Å². The van der Waals surface area contributed by atoms with Gasteiger partial charge in [-0.25, -0.2) is 8.93 Å². The molecule has 1 aromatic rings. The molecule has 0 aliphatic heterocycles. The summed E-state index contributed by atoms with van der Waals surface area (Å²) >= 11 is 0. The van der Waals surface area contributed by atoms with Crippen molar-refractivity contribution in [1.82, 2.24) is 4.72 Å². The first-order chi connectivity index (χ1) is 8.75. The number of nitrogens with zero attached hydrogens (tertiary/aromatic N) is 1. The Morgan fingerprint density at radius 1 is 1.26 bits per heavy atom. The van der Waals surface area contributed by atoms with Crippen molar-refractivity contribution in [2.24, 2.45) is 5.41 Å². The second-order valence-corrected chi connectivity index (χ2v) is 7.02. The third-order valence-electron chi connectivity index (χ3n) is 3.50. The zero-order valence-corrected chi connectivity index (χ0v) is 13.1. The molecule has 0 fully saturated rings. The van der Waals surface area contributed by atoms with E-state index in [0.29, 0.717) is 11.3 Å². The molecule has 0 aliphatic carbocycles. The van der Waals surface area contributed by atoms with Gasteiger partial charge in [-0.2, -0.15) is 5.26 Å². The fourth-order valence-corrected chi connectivity index (χ4v) is 3.22. The van der Waals surface area contributed by atoms with Gasteiger partial charge in [-0.1, -0.05) is 45.4 Å². The monoisotopic (exact) mass is 278 g/mol. The summed E-state index contributed by atoms with van der Waals surface area (Å²) in [7, 11) is -1.38. The van der Waals surface area contributed by atoms with Crippen LogP contribution in [0.4, 0.5) is 0 Å². The molecule has 4 heteroatoms. The maximum Gasteiger partial charge on any atom is 0.126 e. The van der Waals surface area contributed by atoms with E-state index in [4.69, 9.17) is 0 Å². The molecular formula is C15H22N2OS. The van der Waals surface area contributed by atoms with Gasteiger partial charge in [0.05, 0.1) is 11.0 Å². The van der Waals surface area contributed by atoms with Crippen molar-refractivity contribution < 1.29 is 4.21 Å². The Morgan fingerprint density at radius 3 is 2.16 bits per heavy atom. The van der Waals surface area contributed by atoms with Crippen LogP contribution in [0.5, 0.6) is 0 Å². The van der Waals surface area contributed by atoms with E-state index in [-0.39, 0.29) is 5.41 Å². The lowest BCUT2D eigenvalue weighted by Crippen LogP contribution is -2.54. The van der Waals surface area contributed by atoms with Crippen molar-refractivity contribution in [2.45, 2.75) is 51.5 Å². The summed E-state index contributed by atoms with van der Waals surface area (Å²) in [6.07, 6.45) is 0.602. The molecule has 0 bridgehead atoms. The lowest BCUT2D eigenvalue weighted by atomic mass is 9.74. The third kappa shape index (κ3) is 3.43. The molecule has 0 radical (unpaired) electrons. The van der Waals surface area contributed by atoms with E-state index in [1.807, 2.05) is 58.9 Å². The Hall–Kier alpha value is -1.18. The van der Waals surface area contributed by atoms with Crippen LogP contribution >= 0.6 is 0 Å². The molecule has 0 aliphatic rings. The second-order valence-electron chi connectivity index (χ2n) is 5.80. The first kappa shape index (κ1) is 15.9. The summed E-state index contributed by atoms with van der Waals surface area (Å²) in [6.45, 7) is 9.88. The van der Waals surface area contributed by atoms with Gasteiger partial charge in [0.25, 0.3) is 0 Å². The van der Waals surface area contributed by atoms with Crippen LogP contribution in [0, 0.1) is 23.7 Å². The van der Waals surface area contributed by atoms with Gasteiger partial charge in [0.1, 0.15) is 16.5 Å². The first-order valence-corrected chi connectivity index (χ1v) is 7.58. The molecule has 0 heterocycles. The van der Waals surface area contributed by atoms with Gasteiger partial charge < -0.3 is 0 Å². The molecule has 0 unspecified atom stereocenters. The van der Waals surface area contributed by atoms with E-state index in [9.17, 15) is 9.47 Å². The number of aryl methyl sites for hydroxylation is 1. The van der Waals surface area contributed by atoms with Crippen molar-refractivity contribution in [2.75, 3.05) is 0 Å². The molecule has 0 saturated heterocycles. The fraction of sp³-hybridized carbons (Fsp3) is 0.533. The third-order valence-corrected chi connectivity index (χ3v) is 4.74. The molecule has 2 atom stereocenters. The van der Waals surface area contributed by atoms with Crippen molar-refractivity contribution in [3.8, 4) is 6.07 Å². The van der Waals surface area contributed by atoms with E-state index >= 15 is 0 Å². The smallest absolute Gasteiger partial charge is 0.126 e. The average Bonchev–Trinajstić information content (AvgIpc) is 2.35. The van der Waals surface area contributed by atoms with Crippen LogP contribution in [0.15, 0.2) is 29.2 Å². The van der Waals surface area contributed by atoms with Crippen molar-refractivity contribution in [1.29, 1.82) is 5.26 Å². The predicted molar refractivity (Wildman–Crippen MR) is 78.8 cm³/mol. The van der Waals surface area contributed by atoms with Gasteiger partial charge in [-0.3, -0.25) is 0 Å². The second kappa shape index (κ2) is 5.85. The van der Waals surface area contributed by atoms with E-state index in [1.54, 1.807) is 0 Å². The van der Waals surface area contributed by atoms with Crippen LogP contribution in [0.1, 0.15) is 39.7 Å². The minimum atomic E-state index is -1.38. The standard InChI is InChI=1S/C15H22N2OS/c1-6-15(11-16,14(3,4)5)17-19(18)13-9-7-12(2)8-10-13/h7-10,17H,6H2,1-5H3/t15-,19+/m1/s1. The Morgan fingerprint density at radius 2 is 1.79 bits per heavy atom. The summed E-state index contributed by atoms with van der Waals surface area (Å²) in [5.41, 5.74) is 0.0261. The Labute approximate surface area is 118 Å². The quantitative estimate of drug-likeness (QED) is 0.918. The van der Waals surface area contributed by atoms with E-state index in [1.165, 1.54) is 0 Å². The highest BCUT2D eigenvalue weighted by Gasteiger charge is 2.42. The average molecular weight is 278 g/mol. The summed E-state index contributed by atoms with van der Waals surface area (Å²) in [4.78, 5) is 0.697. The van der Waals surface area contributed by atoms with E-state index in [0.717, 1.165) is 5.56 Å². The molecule has 0 spiro atoms. The maximum atomic E-state index is 12.4. The Kier molecular flexibility index (Phi) is 4.89. The molecule has 1 N–H and O–H groups in total. The number of nitriles is 1. The van der Waals surface area contributed by atoms with Gasteiger partial charge in [-0.05, 0) is 30.9 Å². The number of benzene rings is 1.